The SMILES string of the molecule is COC(=O)c1cc(NC(=O)CSc2nnc(C)n2-c2ccc(C)cc2)cc(C(=O)OC)c1. The highest BCUT2D eigenvalue weighted by atomic mass is 32.2. The summed E-state index contributed by atoms with van der Waals surface area (Å²) in [5.74, 6) is -0.876. The van der Waals surface area contributed by atoms with Crippen LogP contribution in [0.1, 0.15) is 32.1 Å². The van der Waals surface area contributed by atoms with E-state index in [0.717, 1.165) is 11.3 Å². The average Bonchev–Trinajstić information content (AvgIpc) is 3.17. The molecule has 1 heterocycles. The second-order valence-corrected chi connectivity index (χ2v) is 7.76. The molecule has 1 aromatic heterocycles. The lowest BCUT2D eigenvalue weighted by molar-refractivity contribution is -0.113. The highest BCUT2D eigenvalue weighted by Crippen LogP contribution is 2.23. The lowest BCUT2D eigenvalue weighted by Gasteiger charge is -2.10. The number of anilines is 1. The number of hydrogen-bond acceptors (Lipinski definition) is 8. The fraction of sp³-hybridized carbons (Fsp3) is 0.227. The van der Waals surface area contributed by atoms with Crippen molar-refractivity contribution in [2.24, 2.45) is 0 Å². The minimum Gasteiger partial charge on any atom is -0.465 e. The summed E-state index contributed by atoms with van der Waals surface area (Å²) in [6.07, 6.45) is 0. The highest BCUT2D eigenvalue weighted by Gasteiger charge is 2.17. The second-order valence-electron chi connectivity index (χ2n) is 6.82. The lowest BCUT2D eigenvalue weighted by Crippen LogP contribution is -2.16. The van der Waals surface area contributed by atoms with Gasteiger partial charge in [0.25, 0.3) is 0 Å². The molecular formula is C22H22N4O5S. The van der Waals surface area contributed by atoms with Gasteiger partial charge in [-0.05, 0) is 44.2 Å². The number of aryl methyl sites for hydroxylation is 2. The number of nitrogens with one attached hydrogen (secondary N) is 1. The summed E-state index contributed by atoms with van der Waals surface area (Å²) in [6, 6.07) is 12.1. The van der Waals surface area contributed by atoms with Crippen LogP contribution in [0.3, 0.4) is 0 Å². The van der Waals surface area contributed by atoms with Gasteiger partial charge in [0.2, 0.25) is 5.91 Å². The molecule has 1 N–H and O–H groups in total. The summed E-state index contributed by atoms with van der Waals surface area (Å²) in [4.78, 5) is 36.4. The molecule has 166 valence electrons. The molecule has 0 radical (unpaired) electrons. The van der Waals surface area contributed by atoms with Crippen molar-refractivity contribution in [1.82, 2.24) is 14.8 Å². The molecule has 2 aromatic carbocycles. The quantitative estimate of drug-likeness (QED) is 0.428. The van der Waals surface area contributed by atoms with Gasteiger partial charge in [-0.15, -0.1) is 10.2 Å². The van der Waals surface area contributed by atoms with Crippen LogP contribution in [0.2, 0.25) is 0 Å². The van der Waals surface area contributed by atoms with Gasteiger partial charge in [-0.1, -0.05) is 29.5 Å². The predicted octanol–water partition coefficient (Wildman–Crippen LogP) is 3.19. The van der Waals surface area contributed by atoms with Gasteiger partial charge in [-0.25, -0.2) is 9.59 Å². The van der Waals surface area contributed by atoms with Gasteiger partial charge in [0, 0.05) is 11.4 Å². The van der Waals surface area contributed by atoms with E-state index in [1.165, 1.54) is 44.2 Å². The van der Waals surface area contributed by atoms with Gasteiger partial charge in [0.1, 0.15) is 5.82 Å². The van der Waals surface area contributed by atoms with Crippen LogP contribution in [-0.4, -0.2) is 52.6 Å². The number of carbonyl (C=O) groups excluding carboxylic acids is 3. The van der Waals surface area contributed by atoms with Gasteiger partial charge >= 0.3 is 11.9 Å². The summed E-state index contributed by atoms with van der Waals surface area (Å²) in [7, 11) is 2.46. The number of benzene rings is 2. The third-order valence-corrected chi connectivity index (χ3v) is 5.41. The first-order chi connectivity index (χ1) is 15.3. The zero-order valence-corrected chi connectivity index (χ0v) is 18.9. The van der Waals surface area contributed by atoms with E-state index in [9.17, 15) is 14.4 Å². The molecule has 0 spiro atoms. The molecule has 10 heteroatoms. The van der Waals surface area contributed by atoms with Gasteiger partial charge in [0.05, 0.1) is 31.1 Å². The van der Waals surface area contributed by atoms with Crippen LogP contribution in [0.15, 0.2) is 47.6 Å². The Labute approximate surface area is 189 Å². The Balaban J connectivity index is 1.75. The molecule has 1 amide bonds. The first-order valence-electron chi connectivity index (χ1n) is 9.55. The van der Waals surface area contributed by atoms with Gasteiger partial charge in [-0.3, -0.25) is 9.36 Å². The molecular weight excluding hydrogens is 432 g/mol. The Morgan fingerprint density at radius 1 is 0.938 bits per heavy atom. The monoisotopic (exact) mass is 454 g/mol. The maximum Gasteiger partial charge on any atom is 0.337 e. The van der Waals surface area contributed by atoms with E-state index < -0.39 is 11.9 Å². The molecule has 32 heavy (non-hydrogen) atoms. The van der Waals surface area contributed by atoms with E-state index in [-0.39, 0.29) is 28.5 Å². The molecule has 0 saturated carbocycles. The summed E-state index contributed by atoms with van der Waals surface area (Å²) in [5.41, 5.74) is 2.54. The number of amides is 1. The maximum atomic E-state index is 12.6. The van der Waals surface area contributed by atoms with Crippen LogP contribution < -0.4 is 5.32 Å². The Hall–Kier alpha value is -3.66. The molecule has 0 saturated heterocycles. The Bertz CT molecular complexity index is 1120. The van der Waals surface area contributed by atoms with E-state index in [4.69, 9.17) is 9.47 Å². The molecule has 0 aliphatic heterocycles. The van der Waals surface area contributed by atoms with Crippen molar-refractivity contribution >= 4 is 35.3 Å². The lowest BCUT2D eigenvalue weighted by atomic mass is 10.1. The summed E-state index contributed by atoms with van der Waals surface area (Å²) >= 11 is 1.22. The third-order valence-electron chi connectivity index (χ3n) is 4.48. The maximum absolute atomic E-state index is 12.6. The Morgan fingerprint density at radius 3 is 2.09 bits per heavy atom. The van der Waals surface area contributed by atoms with Gasteiger partial charge in [-0.2, -0.15) is 0 Å². The van der Waals surface area contributed by atoms with Gasteiger partial charge < -0.3 is 14.8 Å². The fourth-order valence-electron chi connectivity index (χ4n) is 2.93. The molecule has 0 fully saturated rings. The van der Waals surface area contributed by atoms with E-state index in [0.29, 0.717) is 11.0 Å². The number of methoxy groups -OCH3 is 2. The first-order valence-corrected chi connectivity index (χ1v) is 10.5. The minimum atomic E-state index is -0.637. The van der Waals surface area contributed by atoms with Crippen molar-refractivity contribution in [1.29, 1.82) is 0 Å². The number of rotatable bonds is 7. The first kappa shape index (κ1) is 23.0. The van der Waals surface area contributed by atoms with Crippen LogP contribution in [0.4, 0.5) is 5.69 Å². The predicted molar refractivity (Wildman–Crippen MR) is 119 cm³/mol. The Morgan fingerprint density at radius 2 is 1.53 bits per heavy atom. The number of hydrogen-bond donors (Lipinski definition) is 1. The molecule has 9 nitrogen and oxygen atoms in total. The summed E-state index contributed by atoms with van der Waals surface area (Å²) < 4.78 is 11.3. The van der Waals surface area contributed by atoms with E-state index in [1.807, 2.05) is 42.7 Å². The average molecular weight is 455 g/mol. The largest absolute Gasteiger partial charge is 0.465 e. The highest BCUT2D eigenvalue weighted by molar-refractivity contribution is 7.99. The Kier molecular flexibility index (Phi) is 7.26. The van der Waals surface area contributed by atoms with Crippen molar-refractivity contribution < 1.29 is 23.9 Å². The molecule has 3 rings (SSSR count). The van der Waals surface area contributed by atoms with Crippen LogP contribution >= 0.6 is 11.8 Å². The van der Waals surface area contributed by atoms with Crippen molar-refractivity contribution in [3.8, 4) is 5.69 Å². The topological polar surface area (TPSA) is 112 Å². The number of aromatic nitrogens is 3. The smallest absolute Gasteiger partial charge is 0.337 e. The third kappa shape index (κ3) is 5.33. The normalized spacial score (nSPS) is 10.5. The van der Waals surface area contributed by atoms with Crippen molar-refractivity contribution in [3.05, 3.63) is 65.0 Å². The number of ether oxygens (including phenoxy) is 2. The van der Waals surface area contributed by atoms with E-state index in [2.05, 4.69) is 15.5 Å². The standard InChI is InChI=1S/C22H22N4O5S/c1-13-5-7-18(8-6-13)26-14(2)24-25-22(26)32-12-19(27)23-17-10-15(20(28)30-3)9-16(11-17)21(29)31-4/h5-11H,12H2,1-4H3,(H,23,27). The van der Waals surface area contributed by atoms with Crippen LogP contribution in [0.5, 0.6) is 0 Å². The molecule has 0 unspecified atom stereocenters. The van der Waals surface area contributed by atoms with Crippen molar-refractivity contribution in [2.45, 2.75) is 19.0 Å². The van der Waals surface area contributed by atoms with E-state index in [1.54, 1.807) is 0 Å². The molecule has 0 atom stereocenters. The van der Waals surface area contributed by atoms with Crippen LogP contribution in [0.25, 0.3) is 5.69 Å². The summed E-state index contributed by atoms with van der Waals surface area (Å²) in [5, 5.41) is 11.5. The van der Waals surface area contributed by atoms with Crippen LogP contribution in [0, 0.1) is 13.8 Å². The number of nitrogens with zero attached hydrogens (tertiary/aromatic N) is 3. The van der Waals surface area contributed by atoms with Crippen molar-refractivity contribution in [2.75, 3.05) is 25.3 Å². The van der Waals surface area contributed by atoms with E-state index >= 15 is 0 Å². The van der Waals surface area contributed by atoms with Crippen molar-refractivity contribution in [3.63, 3.8) is 0 Å². The number of thioether (sulfide) groups is 1. The number of esters is 2. The zero-order chi connectivity index (χ0) is 23.3. The van der Waals surface area contributed by atoms with Gasteiger partial charge in [0.15, 0.2) is 5.16 Å². The molecule has 0 bridgehead atoms. The zero-order valence-electron chi connectivity index (χ0n) is 18.0. The number of carbonyl (C=O) groups is 3. The second kappa shape index (κ2) is 10.1. The molecule has 3 aromatic rings. The summed E-state index contributed by atoms with van der Waals surface area (Å²) in [6.45, 7) is 3.84. The fourth-order valence-corrected chi connectivity index (χ4v) is 3.72. The molecule has 0 aliphatic carbocycles. The van der Waals surface area contributed by atoms with Crippen LogP contribution in [-0.2, 0) is 14.3 Å². The molecule has 0 aliphatic rings. The minimum absolute atomic E-state index is 0.0417.